The molecule has 0 amide bonds. The van der Waals surface area contributed by atoms with Gasteiger partial charge in [0.15, 0.2) is 0 Å². The van der Waals surface area contributed by atoms with Crippen LogP contribution in [-0.4, -0.2) is 31.1 Å². The summed E-state index contributed by atoms with van der Waals surface area (Å²) in [7, 11) is 0. The van der Waals surface area contributed by atoms with Crippen LogP contribution in [0.3, 0.4) is 0 Å². The molecule has 1 aromatic rings. The van der Waals surface area contributed by atoms with E-state index in [1.54, 1.807) is 13.0 Å². The molecule has 1 saturated heterocycles. The maximum atomic E-state index is 13.3. The maximum Gasteiger partial charge on any atom is 0.128 e. The first-order valence-corrected chi connectivity index (χ1v) is 6.68. The van der Waals surface area contributed by atoms with Gasteiger partial charge < -0.3 is 16.0 Å². The van der Waals surface area contributed by atoms with Crippen molar-refractivity contribution in [1.29, 1.82) is 0 Å². The molecule has 0 atom stereocenters. The smallest absolute Gasteiger partial charge is 0.128 e. The average Bonchev–Trinajstić information content (AvgIpc) is 2.37. The normalized spacial score (nSPS) is 16.8. The van der Waals surface area contributed by atoms with Gasteiger partial charge in [0, 0.05) is 13.1 Å². The van der Waals surface area contributed by atoms with Crippen LogP contribution in [0.4, 0.5) is 15.8 Å². The van der Waals surface area contributed by atoms with E-state index in [-0.39, 0.29) is 5.82 Å². The predicted octanol–water partition coefficient (Wildman–Crippen LogP) is 2.61. The summed E-state index contributed by atoms with van der Waals surface area (Å²) in [5, 5.41) is 3.29. The van der Waals surface area contributed by atoms with Crippen molar-refractivity contribution in [1.82, 2.24) is 4.90 Å². The summed E-state index contributed by atoms with van der Waals surface area (Å²) in [4.78, 5) is 2.46. The van der Waals surface area contributed by atoms with Crippen molar-refractivity contribution < 1.29 is 4.39 Å². The first-order valence-electron chi connectivity index (χ1n) is 6.68. The van der Waals surface area contributed by atoms with Gasteiger partial charge in [0.25, 0.3) is 0 Å². The van der Waals surface area contributed by atoms with E-state index < -0.39 is 0 Å². The van der Waals surface area contributed by atoms with Gasteiger partial charge in [-0.15, -0.1) is 0 Å². The molecule has 0 unspecified atom stereocenters. The Kier molecular flexibility index (Phi) is 4.42. The summed E-state index contributed by atoms with van der Waals surface area (Å²) in [6, 6.07) is 3.17. The number of nitrogens with one attached hydrogen (secondary N) is 1. The second-order valence-electron chi connectivity index (χ2n) is 5.02. The largest absolute Gasteiger partial charge is 0.397 e. The highest BCUT2D eigenvalue weighted by molar-refractivity contribution is 5.67. The lowest BCUT2D eigenvalue weighted by molar-refractivity contribution is 0.237. The van der Waals surface area contributed by atoms with Gasteiger partial charge >= 0.3 is 0 Å². The lowest BCUT2D eigenvalue weighted by Crippen LogP contribution is -2.33. The van der Waals surface area contributed by atoms with Gasteiger partial charge in [0.05, 0.1) is 11.4 Å². The number of likely N-dealkylation sites (tertiary alicyclic amines) is 1. The van der Waals surface area contributed by atoms with Crippen molar-refractivity contribution in [2.45, 2.75) is 26.2 Å². The molecule has 18 heavy (non-hydrogen) atoms. The van der Waals surface area contributed by atoms with Crippen LogP contribution in [0.5, 0.6) is 0 Å². The van der Waals surface area contributed by atoms with Gasteiger partial charge in [-0.05, 0) is 50.6 Å². The molecule has 100 valence electrons. The number of nitrogens with two attached hydrogens (primary N) is 1. The Labute approximate surface area is 108 Å². The van der Waals surface area contributed by atoms with Gasteiger partial charge in [0.2, 0.25) is 0 Å². The third-order valence-corrected chi connectivity index (χ3v) is 3.52. The first-order chi connectivity index (χ1) is 8.66. The molecule has 0 aliphatic carbocycles. The standard InChI is InChI=1S/C14H22FN3/c1-11-9-14(13(16)10-12(11)15)17-5-8-18-6-3-2-4-7-18/h9-10,17H,2-8,16H2,1H3. The monoisotopic (exact) mass is 251 g/mol. The van der Waals surface area contributed by atoms with Crippen LogP contribution in [-0.2, 0) is 0 Å². The maximum absolute atomic E-state index is 13.3. The zero-order chi connectivity index (χ0) is 13.0. The van der Waals surface area contributed by atoms with Crippen LogP contribution in [0.15, 0.2) is 12.1 Å². The number of nitrogens with zero attached hydrogens (tertiary/aromatic N) is 1. The van der Waals surface area contributed by atoms with Gasteiger partial charge in [-0.2, -0.15) is 0 Å². The van der Waals surface area contributed by atoms with Crippen molar-refractivity contribution in [2.24, 2.45) is 0 Å². The minimum atomic E-state index is -0.242. The molecule has 1 aliphatic rings. The van der Waals surface area contributed by atoms with E-state index in [0.29, 0.717) is 11.3 Å². The number of benzene rings is 1. The third kappa shape index (κ3) is 3.35. The Morgan fingerprint density at radius 2 is 2.00 bits per heavy atom. The van der Waals surface area contributed by atoms with Crippen molar-refractivity contribution in [3.63, 3.8) is 0 Å². The summed E-state index contributed by atoms with van der Waals surface area (Å²) in [6.07, 6.45) is 3.96. The van der Waals surface area contributed by atoms with Crippen molar-refractivity contribution >= 4 is 11.4 Å². The van der Waals surface area contributed by atoms with Crippen LogP contribution >= 0.6 is 0 Å². The summed E-state index contributed by atoms with van der Waals surface area (Å²) in [5.41, 5.74) is 7.74. The minimum Gasteiger partial charge on any atom is -0.397 e. The molecular formula is C14H22FN3. The summed E-state index contributed by atoms with van der Waals surface area (Å²) in [6.45, 7) is 6.02. The molecule has 0 bridgehead atoms. The Morgan fingerprint density at radius 3 is 2.72 bits per heavy atom. The van der Waals surface area contributed by atoms with E-state index in [4.69, 9.17) is 5.73 Å². The van der Waals surface area contributed by atoms with E-state index >= 15 is 0 Å². The molecule has 3 nitrogen and oxygen atoms in total. The molecule has 3 N–H and O–H groups in total. The highest BCUT2D eigenvalue weighted by atomic mass is 19.1. The van der Waals surface area contributed by atoms with Crippen LogP contribution < -0.4 is 11.1 Å². The van der Waals surface area contributed by atoms with Crippen LogP contribution in [0.25, 0.3) is 0 Å². The summed E-state index contributed by atoms with van der Waals surface area (Å²) < 4.78 is 13.3. The lowest BCUT2D eigenvalue weighted by Gasteiger charge is -2.26. The van der Waals surface area contributed by atoms with Gasteiger partial charge in [-0.3, -0.25) is 0 Å². The van der Waals surface area contributed by atoms with E-state index in [2.05, 4.69) is 10.2 Å². The SMILES string of the molecule is Cc1cc(NCCN2CCCCC2)c(N)cc1F. The van der Waals surface area contributed by atoms with Crippen molar-refractivity contribution in [2.75, 3.05) is 37.2 Å². The van der Waals surface area contributed by atoms with Gasteiger partial charge in [-0.25, -0.2) is 4.39 Å². The Bertz CT molecular complexity index is 400. The van der Waals surface area contributed by atoms with Crippen molar-refractivity contribution in [3.8, 4) is 0 Å². The number of halogens is 1. The second-order valence-corrected chi connectivity index (χ2v) is 5.02. The Balaban J connectivity index is 1.84. The summed E-state index contributed by atoms with van der Waals surface area (Å²) in [5.74, 6) is -0.242. The predicted molar refractivity (Wildman–Crippen MR) is 74.3 cm³/mol. The molecule has 0 radical (unpaired) electrons. The topological polar surface area (TPSA) is 41.3 Å². The fraction of sp³-hybridized carbons (Fsp3) is 0.571. The number of hydrogen-bond acceptors (Lipinski definition) is 3. The molecule has 2 rings (SSSR count). The van der Waals surface area contributed by atoms with Crippen LogP contribution in [0.1, 0.15) is 24.8 Å². The number of rotatable bonds is 4. The number of piperidine rings is 1. The highest BCUT2D eigenvalue weighted by Gasteiger charge is 2.09. The number of aryl methyl sites for hydroxylation is 1. The third-order valence-electron chi connectivity index (χ3n) is 3.52. The van der Waals surface area contributed by atoms with Crippen LogP contribution in [0.2, 0.25) is 0 Å². The summed E-state index contributed by atoms with van der Waals surface area (Å²) >= 11 is 0. The number of hydrogen-bond donors (Lipinski definition) is 2. The molecule has 1 aromatic carbocycles. The Hall–Kier alpha value is -1.29. The fourth-order valence-electron chi connectivity index (χ4n) is 2.38. The highest BCUT2D eigenvalue weighted by Crippen LogP contribution is 2.22. The average molecular weight is 251 g/mol. The number of nitrogen functional groups attached to an aromatic ring is 1. The molecule has 1 fully saturated rings. The van der Waals surface area contributed by atoms with E-state index in [0.717, 1.165) is 18.8 Å². The van der Waals surface area contributed by atoms with E-state index in [1.165, 1.54) is 38.4 Å². The first kappa shape index (κ1) is 13.1. The lowest BCUT2D eigenvalue weighted by atomic mass is 10.1. The minimum absolute atomic E-state index is 0.242. The molecule has 4 heteroatoms. The number of anilines is 2. The molecule has 0 aromatic heterocycles. The molecule has 1 aliphatic heterocycles. The van der Waals surface area contributed by atoms with Crippen LogP contribution in [0, 0.1) is 12.7 Å². The van der Waals surface area contributed by atoms with Gasteiger partial charge in [0.1, 0.15) is 5.82 Å². The zero-order valence-electron chi connectivity index (χ0n) is 11.0. The van der Waals surface area contributed by atoms with Gasteiger partial charge in [-0.1, -0.05) is 6.42 Å². The fourth-order valence-corrected chi connectivity index (χ4v) is 2.38. The second kappa shape index (κ2) is 6.05. The molecular weight excluding hydrogens is 229 g/mol. The van der Waals surface area contributed by atoms with E-state index in [9.17, 15) is 4.39 Å². The zero-order valence-corrected chi connectivity index (χ0v) is 11.0. The molecule has 0 saturated carbocycles. The van der Waals surface area contributed by atoms with Crippen molar-refractivity contribution in [3.05, 3.63) is 23.5 Å². The molecule has 1 heterocycles. The van der Waals surface area contributed by atoms with E-state index in [1.807, 2.05) is 0 Å². The molecule has 0 spiro atoms. The Morgan fingerprint density at radius 1 is 1.28 bits per heavy atom. The quantitative estimate of drug-likeness (QED) is 0.808.